The minimum absolute atomic E-state index is 0.111. The number of likely N-dealkylation sites (tertiary alicyclic amines) is 1. The second-order valence-electron chi connectivity index (χ2n) is 6.08. The number of carbonyl (C=O) groups excluding carboxylic acids is 1. The molecule has 0 aromatic rings. The van der Waals surface area contributed by atoms with E-state index >= 15 is 0 Å². The number of rotatable bonds is 1. The zero-order valence-electron chi connectivity index (χ0n) is 10.2. The highest BCUT2D eigenvalue weighted by molar-refractivity contribution is 5.83. The number of piperidine rings is 1. The van der Waals surface area contributed by atoms with Gasteiger partial charge in [-0.15, -0.1) is 0 Å². The van der Waals surface area contributed by atoms with Crippen LogP contribution in [0.5, 0.6) is 0 Å². The molecule has 1 amide bonds. The number of carbonyl (C=O) groups is 1. The summed E-state index contributed by atoms with van der Waals surface area (Å²) in [6.07, 6.45) is 3.73. The van der Waals surface area contributed by atoms with E-state index in [4.69, 9.17) is 0 Å². The van der Waals surface area contributed by atoms with E-state index in [2.05, 4.69) is 17.3 Å². The Hall–Kier alpha value is -0.570. The number of nitrogens with zero attached hydrogens (tertiary/aromatic N) is 1. The van der Waals surface area contributed by atoms with Gasteiger partial charge in [0.25, 0.3) is 0 Å². The molecule has 1 aliphatic heterocycles. The second-order valence-corrected chi connectivity index (χ2v) is 6.08. The summed E-state index contributed by atoms with van der Waals surface area (Å²) in [5, 5.41) is 3.10. The Morgan fingerprint density at radius 1 is 1.33 bits per heavy atom. The number of nitrogens with one attached hydrogen (secondary N) is 1. The van der Waals surface area contributed by atoms with Crippen LogP contribution in [0, 0.1) is 5.92 Å². The lowest BCUT2D eigenvalue weighted by Gasteiger charge is -2.33. The third-order valence-electron chi connectivity index (χ3n) is 3.67. The quantitative estimate of drug-likeness (QED) is 0.709. The van der Waals surface area contributed by atoms with Gasteiger partial charge in [0.2, 0.25) is 5.91 Å². The summed E-state index contributed by atoms with van der Waals surface area (Å²) in [5.41, 5.74) is -0.111. The van der Waals surface area contributed by atoms with Crippen molar-refractivity contribution in [3.8, 4) is 0 Å². The highest BCUT2D eigenvalue weighted by Gasteiger charge is 2.47. The van der Waals surface area contributed by atoms with E-state index in [0.717, 1.165) is 0 Å². The van der Waals surface area contributed by atoms with Crippen LogP contribution in [0.3, 0.4) is 0 Å². The zero-order valence-corrected chi connectivity index (χ0v) is 10.2. The SMILES string of the molecule is CN1C2CCC(C2)C1C(=O)NC(C)(C)C. The Morgan fingerprint density at radius 2 is 2.00 bits per heavy atom. The van der Waals surface area contributed by atoms with Gasteiger partial charge < -0.3 is 5.32 Å². The fourth-order valence-electron chi connectivity index (χ4n) is 3.05. The highest BCUT2D eigenvalue weighted by atomic mass is 16.2. The van der Waals surface area contributed by atoms with Gasteiger partial charge in [-0.25, -0.2) is 0 Å². The predicted molar refractivity (Wildman–Crippen MR) is 60.6 cm³/mol. The third-order valence-corrected chi connectivity index (χ3v) is 3.67. The van der Waals surface area contributed by atoms with E-state index in [0.29, 0.717) is 12.0 Å². The topological polar surface area (TPSA) is 32.3 Å². The van der Waals surface area contributed by atoms with E-state index in [9.17, 15) is 4.79 Å². The summed E-state index contributed by atoms with van der Waals surface area (Å²) in [6, 6.07) is 0.786. The summed E-state index contributed by atoms with van der Waals surface area (Å²) < 4.78 is 0. The maximum Gasteiger partial charge on any atom is 0.238 e. The molecule has 1 N–H and O–H groups in total. The highest BCUT2D eigenvalue weighted by Crippen LogP contribution is 2.41. The fourth-order valence-corrected chi connectivity index (χ4v) is 3.05. The van der Waals surface area contributed by atoms with Gasteiger partial charge in [-0.3, -0.25) is 9.69 Å². The molecule has 2 bridgehead atoms. The van der Waals surface area contributed by atoms with Crippen molar-refractivity contribution < 1.29 is 4.79 Å². The van der Waals surface area contributed by atoms with Crippen molar-refractivity contribution in [3.63, 3.8) is 0 Å². The normalized spacial score (nSPS) is 35.9. The molecule has 3 unspecified atom stereocenters. The van der Waals surface area contributed by atoms with Crippen molar-refractivity contribution in [3.05, 3.63) is 0 Å². The van der Waals surface area contributed by atoms with Crippen LogP contribution in [0.1, 0.15) is 40.0 Å². The summed E-state index contributed by atoms with van der Waals surface area (Å²) in [6.45, 7) is 6.12. The lowest BCUT2D eigenvalue weighted by atomic mass is 9.97. The Kier molecular flexibility index (Phi) is 2.53. The molecular formula is C12H22N2O. The maximum atomic E-state index is 12.1. The lowest BCUT2D eigenvalue weighted by Crippen LogP contribution is -2.53. The average Bonchev–Trinajstić information content (AvgIpc) is 2.59. The van der Waals surface area contributed by atoms with Gasteiger partial charge in [0.15, 0.2) is 0 Å². The molecular weight excluding hydrogens is 188 g/mol. The first kappa shape index (κ1) is 10.9. The number of amides is 1. The molecule has 3 heteroatoms. The predicted octanol–water partition coefficient (Wildman–Crippen LogP) is 1.38. The molecule has 2 fully saturated rings. The van der Waals surface area contributed by atoms with Crippen LogP contribution in [0.4, 0.5) is 0 Å². The van der Waals surface area contributed by atoms with Crippen molar-refractivity contribution in [2.75, 3.05) is 7.05 Å². The molecule has 1 aliphatic carbocycles. The van der Waals surface area contributed by atoms with Gasteiger partial charge in [0.1, 0.15) is 0 Å². The zero-order chi connectivity index (χ0) is 11.2. The largest absolute Gasteiger partial charge is 0.350 e. The first-order valence-corrected chi connectivity index (χ1v) is 5.92. The molecule has 0 aromatic carbocycles. The van der Waals surface area contributed by atoms with Crippen LogP contribution in [0.25, 0.3) is 0 Å². The Morgan fingerprint density at radius 3 is 2.47 bits per heavy atom. The van der Waals surface area contributed by atoms with Crippen LogP contribution >= 0.6 is 0 Å². The molecule has 1 heterocycles. The minimum Gasteiger partial charge on any atom is -0.350 e. The second kappa shape index (κ2) is 3.48. The molecule has 1 saturated carbocycles. The maximum absolute atomic E-state index is 12.1. The first-order chi connectivity index (χ1) is 6.88. The van der Waals surface area contributed by atoms with Crippen molar-refractivity contribution in [1.82, 2.24) is 10.2 Å². The van der Waals surface area contributed by atoms with E-state index in [-0.39, 0.29) is 17.5 Å². The Labute approximate surface area is 92.2 Å². The van der Waals surface area contributed by atoms with Crippen molar-refractivity contribution in [1.29, 1.82) is 0 Å². The van der Waals surface area contributed by atoms with Crippen LogP contribution in [0.15, 0.2) is 0 Å². The molecule has 0 radical (unpaired) electrons. The van der Waals surface area contributed by atoms with Crippen molar-refractivity contribution in [2.24, 2.45) is 5.92 Å². The monoisotopic (exact) mass is 210 g/mol. The van der Waals surface area contributed by atoms with Crippen LogP contribution in [-0.2, 0) is 4.79 Å². The first-order valence-electron chi connectivity index (χ1n) is 5.92. The summed E-state index contributed by atoms with van der Waals surface area (Å²) >= 11 is 0. The lowest BCUT2D eigenvalue weighted by molar-refractivity contribution is -0.128. The van der Waals surface area contributed by atoms with Gasteiger partial charge in [0.05, 0.1) is 6.04 Å². The van der Waals surface area contributed by atoms with Gasteiger partial charge in [0, 0.05) is 11.6 Å². The summed E-state index contributed by atoms with van der Waals surface area (Å²) in [5.74, 6) is 0.819. The number of likely N-dealkylation sites (N-methyl/N-ethyl adjacent to an activating group) is 1. The molecule has 86 valence electrons. The van der Waals surface area contributed by atoms with Crippen LogP contribution < -0.4 is 5.32 Å². The fraction of sp³-hybridized carbons (Fsp3) is 0.917. The molecule has 1 saturated heterocycles. The molecule has 15 heavy (non-hydrogen) atoms. The number of hydrogen-bond acceptors (Lipinski definition) is 2. The molecule has 2 rings (SSSR count). The summed E-state index contributed by atoms with van der Waals surface area (Å²) in [4.78, 5) is 14.4. The Bertz CT molecular complexity index is 267. The molecule has 3 atom stereocenters. The van der Waals surface area contributed by atoms with Gasteiger partial charge >= 0.3 is 0 Å². The van der Waals surface area contributed by atoms with Crippen molar-refractivity contribution >= 4 is 5.91 Å². The van der Waals surface area contributed by atoms with Gasteiger partial charge in [-0.05, 0) is 53.0 Å². The van der Waals surface area contributed by atoms with Crippen LogP contribution in [-0.4, -0.2) is 35.5 Å². The van der Waals surface area contributed by atoms with Crippen LogP contribution in [0.2, 0.25) is 0 Å². The van der Waals surface area contributed by atoms with E-state index < -0.39 is 0 Å². The number of hydrogen-bond donors (Lipinski definition) is 1. The minimum atomic E-state index is -0.111. The summed E-state index contributed by atoms with van der Waals surface area (Å²) in [7, 11) is 2.09. The standard InChI is InChI=1S/C12H22N2O/c1-12(2,3)13-11(15)10-8-5-6-9(7-8)14(10)4/h8-10H,5-7H2,1-4H3,(H,13,15). The average molecular weight is 210 g/mol. The number of fused-ring (bicyclic) bond motifs is 2. The molecule has 2 aliphatic rings. The smallest absolute Gasteiger partial charge is 0.238 e. The molecule has 3 nitrogen and oxygen atoms in total. The van der Waals surface area contributed by atoms with Crippen molar-refractivity contribution in [2.45, 2.75) is 57.7 Å². The molecule has 0 aromatic heterocycles. The van der Waals surface area contributed by atoms with Gasteiger partial charge in [-0.2, -0.15) is 0 Å². The third kappa shape index (κ3) is 2.03. The molecule has 0 spiro atoms. The Balaban J connectivity index is 2.02. The van der Waals surface area contributed by atoms with Gasteiger partial charge in [-0.1, -0.05) is 0 Å². The van der Waals surface area contributed by atoms with E-state index in [1.54, 1.807) is 0 Å². The van der Waals surface area contributed by atoms with E-state index in [1.165, 1.54) is 19.3 Å². The van der Waals surface area contributed by atoms with E-state index in [1.807, 2.05) is 20.8 Å².